The van der Waals surface area contributed by atoms with E-state index in [2.05, 4.69) is 25.7 Å². The molecule has 10 heteroatoms. The summed E-state index contributed by atoms with van der Waals surface area (Å²) < 4.78 is 3.09. The van der Waals surface area contributed by atoms with Crippen LogP contribution in [0.5, 0.6) is 0 Å². The third kappa shape index (κ3) is 3.39. The van der Waals surface area contributed by atoms with Gasteiger partial charge in [0.15, 0.2) is 0 Å². The lowest BCUT2D eigenvalue weighted by molar-refractivity contribution is -0.114. The number of carbonyl (C=O) groups excluding carboxylic acids is 2. The summed E-state index contributed by atoms with van der Waals surface area (Å²) in [6, 6.07) is 4.89. The van der Waals surface area contributed by atoms with Crippen LogP contribution in [0.2, 0.25) is 0 Å². The van der Waals surface area contributed by atoms with E-state index >= 15 is 0 Å². The van der Waals surface area contributed by atoms with Crippen molar-refractivity contribution in [2.75, 3.05) is 5.32 Å². The zero-order chi connectivity index (χ0) is 21.3. The molecule has 0 bridgehead atoms. The summed E-state index contributed by atoms with van der Waals surface area (Å²) in [4.78, 5) is 45.4. The van der Waals surface area contributed by atoms with Gasteiger partial charge in [-0.25, -0.2) is 14.5 Å². The summed E-state index contributed by atoms with van der Waals surface area (Å²) in [6.45, 7) is 3.85. The minimum Gasteiger partial charge on any atom is -0.348 e. The first kappa shape index (κ1) is 19.2. The number of amides is 2. The minimum absolute atomic E-state index is 0.206. The maximum absolute atomic E-state index is 12.9. The van der Waals surface area contributed by atoms with Crippen molar-refractivity contribution >= 4 is 34.1 Å². The molecule has 0 fully saturated rings. The molecule has 0 aliphatic carbocycles. The molecule has 0 saturated heterocycles. The molecule has 0 spiro atoms. The number of aryl methyl sites for hydroxylation is 1. The molecule has 10 nitrogen and oxygen atoms in total. The number of carbonyl (C=O) groups is 2. The number of nitrogens with zero attached hydrogens (tertiary/aromatic N) is 5. The van der Waals surface area contributed by atoms with Crippen molar-refractivity contribution in [1.29, 1.82) is 0 Å². The average Bonchev–Trinajstić information content (AvgIpc) is 3.23. The van der Waals surface area contributed by atoms with Crippen LogP contribution in [-0.2, 0) is 17.9 Å². The van der Waals surface area contributed by atoms with E-state index in [1.54, 1.807) is 35.2 Å². The fourth-order valence-electron chi connectivity index (χ4n) is 3.36. The van der Waals surface area contributed by atoms with Crippen LogP contribution < -0.4 is 16.2 Å². The zero-order valence-corrected chi connectivity index (χ0v) is 16.4. The number of hydrogen-bond acceptors (Lipinski definition) is 6. The molecule has 1 aromatic carbocycles. The first-order valence-electron chi connectivity index (χ1n) is 9.33. The molecule has 3 heterocycles. The summed E-state index contributed by atoms with van der Waals surface area (Å²) in [7, 11) is 0. The molecule has 0 aliphatic heterocycles. The zero-order valence-electron chi connectivity index (χ0n) is 16.4. The van der Waals surface area contributed by atoms with Crippen molar-refractivity contribution in [3.63, 3.8) is 0 Å². The van der Waals surface area contributed by atoms with E-state index in [4.69, 9.17) is 0 Å². The van der Waals surface area contributed by atoms with E-state index < -0.39 is 5.91 Å². The molecule has 2 N–H and O–H groups in total. The second kappa shape index (κ2) is 7.74. The average molecular weight is 405 g/mol. The molecule has 30 heavy (non-hydrogen) atoms. The van der Waals surface area contributed by atoms with Crippen molar-refractivity contribution in [2.45, 2.75) is 26.9 Å². The summed E-state index contributed by atoms with van der Waals surface area (Å²) in [6.07, 6.45) is 6.15. The van der Waals surface area contributed by atoms with Crippen LogP contribution >= 0.6 is 0 Å². The Balaban J connectivity index is 1.86. The second-order valence-electron chi connectivity index (χ2n) is 6.67. The molecule has 0 saturated carbocycles. The SMILES string of the molecule is CCn1c(=O)c2ccnn2c2cc(NC(C)=O)c(C(=O)NCc3cncnc3)cc21. The first-order valence-corrected chi connectivity index (χ1v) is 9.33. The monoisotopic (exact) mass is 405 g/mol. The molecular weight excluding hydrogens is 386 g/mol. The first-order chi connectivity index (χ1) is 14.5. The lowest BCUT2D eigenvalue weighted by Crippen LogP contribution is -2.26. The number of aromatic nitrogens is 5. The van der Waals surface area contributed by atoms with Gasteiger partial charge in [-0.2, -0.15) is 5.10 Å². The predicted molar refractivity (Wildman–Crippen MR) is 110 cm³/mol. The second-order valence-corrected chi connectivity index (χ2v) is 6.67. The van der Waals surface area contributed by atoms with Crippen LogP contribution in [0.3, 0.4) is 0 Å². The fourth-order valence-corrected chi connectivity index (χ4v) is 3.36. The van der Waals surface area contributed by atoms with Gasteiger partial charge < -0.3 is 15.2 Å². The van der Waals surface area contributed by atoms with Gasteiger partial charge >= 0.3 is 0 Å². The third-order valence-electron chi connectivity index (χ3n) is 4.68. The normalized spacial score (nSPS) is 11.0. The number of fused-ring (bicyclic) bond motifs is 3. The highest BCUT2D eigenvalue weighted by Crippen LogP contribution is 2.24. The number of anilines is 1. The van der Waals surface area contributed by atoms with Crippen molar-refractivity contribution in [3.8, 4) is 0 Å². The van der Waals surface area contributed by atoms with Crippen LogP contribution in [0.15, 0.2) is 47.9 Å². The molecule has 3 aromatic heterocycles. The van der Waals surface area contributed by atoms with Crippen LogP contribution in [0.4, 0.5) is 5.69 Å². The van der Waals surface area contributed by atoms with Crippen LogP contribution in [-0.4, -0.2) is 36.0 Å². The Morgan fingerprint density at radius 3 is 2.57 bits per heavy atom. The largest absolute Gasteiger partial charge is 0.348 e. The third-order valence-corrected chi connectivity index (χ3v) is 4.68. The molecule has 2 amide bonds. The summed E-state index contributed by atoms with van der Waals surface area (Å²) in [5.74, 6) is -0.722. The van der Waals surface area contributed by atoms with E-state index in [9.17, 15) is 14.4 Å². The molecule has 4 aromatic rings. The quantitative estimate of drug-likeness (QED) is 0.517. The Morgan fingerprint density at radius 1 is 1.10 bits per heavy atom. The van der Waals surface area contributed by atoms with Gasteiger partial charge in [0.05, 0.1) is 28.5 Å². The van der Waals surface area contributed by atoms with Crippen molar-refractivity contribution in [1.82, 2.24) is 29.5 Å². The lowest BCUT2D eigenvalue weighted by Gasteiger charge is -2.15. The summed E-state index contributed by atoms with van der Waals surface area (Å²) in [5.41, 5.74) is 2.66. The van der Waals surface area contributed by atoms with Crippen molar-refractivity contribution in [3.05, 3.63) is 64.6 Å². The van der Waals surface area contributed by atoms with Gasteiger partial charge in [0.2, 0.25) is 5.91 Å². The van der Waals surface area contributed by atoms with Gasteiger partial charge in [0, 0.05) is 38.0 Å². The maximum Gasteiger partial charge on any atom is 0.277 e. The Labute approximate surface area is 170 Å². The Bertz CT molecular complexity index is 1330. The molecule has 0 radical (unpaired) electrons. The van der Waals surface area contributed by atoms with Gasteiger partial charge in [-0.05, 0) is 25.1 Å². The van der Waals surface area contributed by atoms with E-state index in [0.29, 0.717) is 28.8 Å². The summed E-state index contributed by atoms with van der Waals surface area (Å²) >= 11 is 0. The lowest BCUT2D eigenvalue weighted by atomic mass is 10.1. The fraction of sp³-hybridized carbons (Fsp3) is 0.200. The van der Waals surface area contributed by atoms with E-state index in [0.717, 1.165) is 5.56 Å². The van der Waals surface area contributed by atoms with Crippen molar-refractivity contribution in [2.24, 2.45) is 0 Å². The van der Waals surface area contributed by atoms with Gasteiger partial charge in [-0.1, -0.05) is 0 Å². The Morgan fingerprint density at radius 2 is 1.87 bits per heavy atom. The Kier molecular flexibility index (Phi) is 4.97. The topological polar surface area (TPSA) is 123 Å². The van der Waals surface area contributed by atoms with Gasteiger partial charge in [0.1, 0.15) is 11.8 Å². The van der Waals surface area contributed by atoms with Crippen LogP contribution in [0.1, 0.15) is 29.8 Å². The van der Waals surface area contributed by atoms with E-state index in [1.165, 1.54) is 24.0 Å². The molecule has 152 valence electrons. The summed E-state index contributed by atoms with van der Waals surface area (Å²) in [5, 5.41) is 9.73. The van der Waals surface area contributed by atoms with Crippen LogP contribution in [0.25, 0.3) is 16.6 Å². The van der Waals surface area contributed by atoms with E-state index in [-0.39, 0.29) is 23.6 Å². The molecule has 0 unspecified atom stereocenters. The van der Waals surface area contributed by atoms with Gasteiger partial charge in [-0.15, -0.1) is 0 Å². The molecule has 4 rings (SSSR count). The highest BCUT2D eigenvalue weighted by atomic mass is 16.2. The van der Waals surface area contributed by atoms with Gasteiger partial charge in [-0.3, -0.25) is 14.4 Å². The molecule has 0 atom stereocenters. The Hall–Kier alpha value is -4.08. The highest BCUT2D eigenvalue weighted by molar-refractivity contribution is 6.06. The smallest absolute Gasteiger partial charge is 0.277 e. The van der Waals surface area contributed by atoms with Crippen LogP contribution in [0, 0.1) is 0 Å². The minimum atomic E-state index is -0.403. The maximum atomic E-state index is 12.9. The number of hydrogen-bond donors (Lipinski definition) is 2. The number of nitrogens with one attached hydrogen (secondary N) is 2. The number of benzene rings is 1. The number of rotatable bonds is 5. The predicted octanol–water partition coefficient (Wildman–Crippen LogP) is 1.35. The molecular formula is C20H19N7O3. The molecule has 0 aliphatic rings. The van der Waals surface area contributed by atoms with Crippen molar-refractivity contribution < 1.29 is 9.59 Å². The van der Waals surface area contributed by atoms with E-state index in [1.807, 2.05) is 6.92 Å². The standard InChI is InChI=1S/C20H19N7O3/c1-3-26-17-6-14(19(29)23-10-13-8-21-11-22-9-13)15(25-12(2)28)7-18(17)27-16(20(26)30)4-5-24-27/h4-9,11H,3,10H2,1-2H3,(H,23,29)(H,25,28). The van der Waals surface area contributed by atoms with Gasteiger partial charge in [0.25, 0.3) is 11.5 Å². The highest BCUT2D eigenvalue weighted by Gasteiger charge is 2.18.